The van der Waals surface area contributed by atoms with Gasteiger partial charge in [0.05, 0.1) is 0 Å². The maximum Gasteiger partial charge on any atom is 0.196 e. The van der Waals surface area contributed by atoms with Crippen molar-refractivity contribution in [2.24, 2.45) is 0 Å². The van der Waals surface area contributed by atoms with Gasteiger partial charge < -0.3 is 10.0 Å². The summed E-state index contributed by atoms with van der Waals surface area (Å²) in [5.41, 5.74) is 3.86. The maximum absolute atomic E-state index is 13.0. The van der Waals surface area contributed by atoms with Crippen LogP contribution in [0.3, 0.4) is 0 Å². The Kier molecular flexibility index (Phi) is 4.96. The zero-order valence-corrected chi connectivity index (χ0v) is 14.4. The molecule has 0 saturated heterocycles. The first-order chi connectivity index (χ1) is 12.1. The van der Waals surface area contributed by atoms with Crippen LogP contribution >= 0.6 is 0 Å². The number of hydrogen-bond acceptors (Lipinski definition) is 3. The van der Waals surface area contributed by atoms with E-state index < -0.39 is 6.10 Å². The molecule has 25 heavy (non-hydrogen) atoms. The van der Waals surface area contributed by atoms with Crippen LogP contribution in [0, 0.1) is 0 Å². The molecule has 1 unspecified atom stereocenters. The first-order valence-electron chi connectivity index (χ1n) is 8.22. The van der Waals surface area contributed by atoms with E-state index in [-0.39, 0.29) is 5.78 Å². The number of anilines is 1. The third-order valence-electron chi connectivity index (χ3n) is 4.22. The highest BCUT2D eigenvalue weighted by atomic mass is 16.3. The van der Waals surface area contributed by atoms with Gasteiger partial charge in [-0.05, 0) is 17.2 Å². The lowest BCUT2D eigenvalue weighted by Gasteiger charge is -2.21. The van der Waals surface area contributed by atoms with Crippen molar-refractivity contribution in [3.8, 4) is 11.1 Å². The SMILES string of the molecule is CN(C)c1cccc(C(=O)C(O)c2ccccc2)c1-c1ccccc1. The van der Waals surface area contributed by atoms with E-state index in [0.717, 1.165) is 16.8 Å². The number of benzene rings is 3. The van der Waals surface area contributed by atoms with Gasteiger partial charge in [-0.1, -0.05) is 72.8 Å². The molecule has 3 aromatic rings. The molecular formula is C22H21NO2. The van der Waals surface area contributed by atoms with Gasteiger partial charge >= 0.3 is 0 Å². The maximum atomic E-state index is 13.0. The molecule has 0 radical (unpaired) electrons. The van der Waals surface area contributed by atoms with E-state index in [0.29, 0.717) is 11.1 Å². The number of aliphatic hydroxyl groups is 1. The minimum Gasteiger partial charge on any atom is -0.380 e. The number of carbonyl (C=O) groups excluding carboxylic acids is 1. The average Bonchev–Trinajstić information content (AvgIpc) is 2.67. The summed E-state index contributed by atoms with van der Waals surface area (Å²) in [4.78, 5) is 15.0. The van der Waals surface area contributed by atoms with Gasteiger partial charge in [0.15, 0.2) is 5.78 Å². The van der Waals surface area contributed by atoms with Crippen molar-refractivity contribution >= 4 is 11.5 Å². The number of nitrogens with zero attached hydrogens (tertiary/aromatic N) is 1. The smallest absolute Gasteiger partial charge is 0.196 e. The largest absolute Gasteiger partial charge is 0.380 e. The van der Waals surface area contributed by atoms with E-state index in [4.69, 9.17) is 0 Å². The molecule has 0 spiro atoms. The predicted octanol–water partition coefficient (Wildman–Crippen LogP) is 4.34. The van der Waals surface area contributed by atoms with E-state index in [9.17, 15) is 9.90 Å². The van der Waals surface area contributed by atoms with E-state index in [2.05, 4.69) is 0 Å². The number of aliphatic hydroxyl groups excluding tert-OH is 1. The van der Waals surface area contributed by atoms with Crippen LogP contribution in [-0.4, -0.2) is 25.0 Å². The molecule has 1 N–H and O–H groups in total. The first kappa shape index (κ1) is 16.9. The molecule has 0 aliphatic heterocycles. The van der Waals surface area contributed by atoms with E-state index in [1.807, 2.05) is 79.7 Å². The third-order valence-corrected chi connectivity index (χ3v) is 4.22. The zero-order valence-electron chi connectivity index (χ0n) is 14.4. The summed E-state index contributed by atoms with van der Waals surface area (Å²) in [5.74, 6) is -0.297. The molecule has 3 heteroatoms. The van der Waals surface area contributed by atoms with Gasteiger partial charge in [0.1, 0.15) is 6.10 Å². The molecule has 1 atom stereocenters. The molecule has 0 bridgehead atoms. The molecule has 0 saturated carbocycles. The Morgan fingerprint density at radius 2 is 1.44 bits per heavy atom. The van der Waals surface area contributed by atoms with Crippen LogP contribution in [0.2, 0.25) is 0 Å². The lowest BCUT2D eigenvalue weighted by molar-refractivity contribution is 0.0748. The van der Waals surface area contributed by atoms with Crippen LogP contribution in [0.4, 0.5) is 5.69 Å². The van der Waals surface area contributed by atoms with Crippen molar-refractivity contribution in [3.05, 3.63) is 90.0 Å². The summed E-state index contributed by atoms with van der Waals surface area (Å²) in [6, 6.07) is 24.5. The van der Waals surface area contributed by atoms with E-state index >= 15 is 0 Å². The molecule has 0 fully saturated rings. The van der Waals surface area contributed by atoms with Gasteiger partial charge in [-0.2, -0.15) is 0 Å². The quantitative estimate of drug-likeness (QED) is 0.707. The van der Waals surface area contributed by atoms with E-state index in [1.54, 1.807) is 18.2 Å². The Morgan fingerprint density at radius 1 is 0.840 bits per heavy atom. The second-order valence-corrected chi connectivity index (χ2v) is 6.14. The predicted molar refractivity (Wildman–Crippen MR) is 102 cm³/mol. The van der Waals surface area contributed by atoms with Crippen LogP contribution in [0.5, 0.6) is 0 Å². The second kappa shape index (κ2) is 7.32. The van der Waals surface area contributed by atoms with Crippen molar-refractivity contribution in [2.75, 3.05) is 19.0 Å². The standard InChI is InChI=1S/C22H21NO2/c1-23(2)19-15-9-14-18(20(19)16-10-5-3-6-11-16)22(25)21(24)17-12-7-4-8-13-17/h3-15,21,24H,1-2H3. The fourth-order valence-corrected chi connectivity index (χ4v) is 2.96. The number of ketones is 1. The van der Waals surface area contributed by atoms with Crippen molar-refractivity contribution < 1.29 is 9.90 Å². The lowest BCUT2D eigenvalue weighted by atomic mass is 9.91. The summed E-state index contributed by atoms with van der Waals surface area (Å²) in [5, 5.41) is 10.6. The topological polar surface area (TPSA) is 40.5 Å². The Labute approximate surface area is 148 Å². The fraction of sp³-hybridized carbons (Fsp3) is 0.136. The molecular weight excluding hydrogens is 310 g/mol. The Bertz CT molecular complexity index is 858. The normalized spacial score (nSPS) is 11.8. The summed E-state index contributed by atoms with van der Waals surface area (Å²) in [6.45, 7) is 0. The molecule has 3 rings (SSSR count). The van der Waals surface area contributed by atoms with Gasteiger partial charge in [-0.3, -0.25) is 4.79 Å². The van der Waals surface area contributed by atoms with Crippen molar-refractivity contribution in [2.45, 2.75) is 6.10 Å². The van der Waals surface area contributed by atoms with Gasteiger partial charge in [0, 0.05) is 30.9 Å². The fourth-order valence-electron chi connectivity index (χ4n) is 2.96. The Morgan fingerprint density at radius 3 is 2.04 bits per heavy atom. The van der Waals surface area contributed by atoms with Crippen molar-refractivity contribution in [3.63, 3.8) is 0 Å². The summed E-state index contributed by atoms with van der Waals surface area (Å²) >= 11 is 0. The molecule has 0 aliphatic rings. The summed E-state index contributed by atoms with van der Waals surface area (Å²) in [7, 11) is 3.90. The first-order valence-corrected chi connectivity index (χ1v) is 8.22. The van der Waals surface area contributed by atoms with Gasteiger partial charge in [-0.15, -0.1) is 0 Å². The monoisotopic (exact) mass is 331 g/mol. The summed E-state index contributed by atoms with van der Waals surface area (Å²) < 4.78 is 0. The third kappa shape index (κ3) is 3.47. The number of carbonyl (C=O) groups is 1. The van der Waals surface area contributed by atoms with E-state index in [1.165, 1.54) is 0 Å². The Hall–Kier alpha value is -2.91. The van der Waals surface area contributed by atoms with Crippen LogP contribution < -0.4 is 4.90 Å². The highest BCUT2D eigenvalue weighted by Crippen LogP contribution is 2.35. The molecule has 0 heterocycles. The number of rotatable bonds is 5. The van der Waals surface area contributed by atoms with Gasteiger partial charge in [-0.25, -0.2) is 0 Å². The highest BCUT2D eigenvalue weighted by molar-refractivity contribution is 6.07. The molecule has 0 amide bonds. The van der Waals surface area contributed by atoms with Crippen molar-refractivity contribution in [1.82, 2.24) is 0 Å². The summed E-state index contributed by atoms with van der Waals surface area (Å²) in [6.07, 6.45) is -1.18. The molecule has 3 aromatic carbocycles. The Balaban J connectivity index is 2.13. The molecule has 0 aromatic heterocycles. The molecule has 0 aliphatic carbocycles. The van der Waals surface area contributed by atoms with Crippen LogP contribution in [0.25, 0.3) is 11.1 Å². The average molecular weight is 331 g/mol. The van der Waals surface area contributed by atoms with Crippen LogP contribution in [0.1, 0.15) is 22.0 Å². The van der Waals surface area contributed by atoms with Crippen LogP contribution in [-0.2, 0) is 0 Å². The highest BCUT2D eigenvalue weighted by Gasteiger charge is 2.24. The lowest BCUT2D eigenvalue weighted by Crippen LogP contribution is -2.16. The minimum atomic E-state index is -1.18. The van der Waals surface area contributed by atoms with Gasteiger partial charge in [0.2, 0.25) is 0 Å². The van der Waals surface area contributed by atoms with Crippen LogP contribution in [0.15, 0.2) is 78.9 Å². The molecule has 3 nitrogen and oxygen atoms in total. The second-order valence-electron chi connectivity index (χ2n) is 6.14. The molecule has 126 valence electrons. The minimum absolute atomic E-state index is 0.297. The zero-order chi connectivity index (χ0) is 17.8. The van der Waals surface area contributed by atoms with Gasteiger partial charge in [0.25, 0.3) is 0 Å². The van der Waals surface area contributed by atoms with Crippen molar-refractivity contribution in [1.29, 1.82) is 0 Å². The number of Topliss-reactive ketones (excluding diaryl/α,β-unsaturated/α-hetero) is 1. The number of hydrogen-bond donors (Lipinski definition) is 1.